The van der Waals surface area contributed by atoms with Crippen LogP contribution in [0.5, 0.6) is 0 Å². The van der Waals surface area contributed by atoms with Crippen LogP contribution < -0.4 is 5.48 Å². The van der Waals surface area contributed by atoms with Crippen molar-refractivity contribution in [2.24, 2.45) is 0 Å². The highest BCUT2D eigenvalue weighted by atomic mass is 16.5. The zero-order chi connectivity index (χ0) is 6.57. The third-order valence-electron chi connectivity index (χ3n) is 0.915. The predicted octanol–water partition coefficient (Wildman–Crippen LogP) is 0.125. The SMILES string of the molecule is CC(O)CC(C)NO. The molecule has 0 amide bonds. The highest BCUT2D eigenvalue weighted by molar-refractivity contribution is 4.57. The maximum absolute atomic E-state index is 8.70. The topological polar surface area (TPSA) is 52.5 Å². The summed E-state index contributed by atoms with van der Waals surface area (Å²) in [6.07, 6.45) is 0.237. The molecule has 0 heterocycles. The molecule has 0 aromatic carbocycles. The summed E-state index contributed by atoms with van der Waals surface area (Å²) in [5, 5.41) is 16.9. The second-order valence-corrected chi connectivity index (χ2v) is 2.11. The molecular formula is C5H13NO2. The first kappa shape index (κ1) is 7.88. The molecule has 0 saturated heterocycles. The highest BCUT2D eigenvalue weighted by Crippen LogP contribution is 1.93. The average molecular weight is 119 g/mol. The summed E-state index contributed by atoms with van der Waals surface area (Å²) in [4.78, 5) is 0. The first-order chi connectivity index (χ1) is 3.66. The predicted molar refractivity (Wildman–Crippen MR) is 30.7 cm³/mol. The van der Waals surface area contributed by atoms with Gasteiger partial charge in [-0.2, -0.15) is 0 Å². The normalized spacial score (nSPS) is 18.0. The Morgan fingerprint density at radius 1 is 1.50 bits per heavy atom. The summed E-state index contributed by atoms with van der Waals surface area (Å²) in [7, 11) is 0. The van der Waals surface area contributed by atoms with Gasteiger partial charge in [0.15, 0.2) is 0 Å². The molecule has 3 N–H and O–H groups in total. The molecule has 0 fully saturated rings. The van der Waals surface area contributed by atoms with E-state index < -0.39 is 0 Å². The van der Waals surface area contributed by atoms with E-state index in [0.29, 0.717) is 6.42 Å². The van der Waals surface area contributed by atoms with Gasteiger partial charge in [0, 0.05) is 6.04 Å². The minimum absolute atomic E-state index is 0.0185. The summed E-state index contributed by atoms with van der Waals surface area (Å²) in [5.74, 6) is 0. The van der Waals surface area contributed by atoms with Crippen molar-refractivity contribution in [1.82, 2.24) is 5.48 Å². The van der Waals surface area contributed by atoms with Crippen molar-refractivity contribution < 1.29 is 10.3 Å². The van der Waals surface area contributed by atoms with Crippen LogP contribution in [0.25, 0.3) is 0 Å². The molecule has 2 atom stereocenters. The molecule has 0 rings (SSSR count). The fraction of sp³-hybridized carbons (Fsp3) is 1.00. The largest absolute Gasteiger partial charge is 0.393 e. The van der Waals surface area contributed by atoms with Crippen molar-refractivity contribution >= 4 is 0 Å². The number of aliphatic hydroxyl groups is 1. The summed E-state index contributed by atoms with van der Waals surface area (Å²) in [6, 6.07) is -0.0185. The van der Waals surface area contributed by atoms with Crippen molar-refractivity contribution in [1.29, 1.82) is 0 Å². The molecule has 0 spiro atoms. The Morgan fingerprint density at radius 2 is 2.00 bits per heavy atom. The molecule has 8 heavy (non-hydrogen) atoms. The van der Waals surface area contributed by atoms with Crippen LogP contribution in [-0.2, 0) is 0 Å². The highest BCUT2D eigenvalue weighted by Gasteiger charge is 2.01. The van der Waals surface area contributed by atoms with E-state index in [1.54, 1.807) is 13.8 Å². The summed E-state index contributed by atoms with van der Waals surface area (Å²) >= 11 is 0. The van der Waals surface area contributed by atoms with Crippen molar-refractivity contribution in [3.8, 4) is 0 Å². The lowest BCUT2D eigenvalue weighted by atomic mass is 10.2. The van der Waals surface area contributed by atoms with Crippen LogP contribution in [0.2, 0.25) is 0 Å². The molecule has 2 unspecified atom stereocenters. The molecule has 3 heteroatoms. The minimum atomic E-state index is -0.343. The molecule has 0 bridgehead atoms. The Kier molecular flexibility index (Phi) is 3.77. The zero-order valence-corrected chi connectivity index (χ0v) is 5.26. The Morgan fingerprint density at radius 3 is 2.12 bits per heavy atom. The van der Waals surface area contributed by atoms with Gasteiger partial charge >= 0.3 is 0 Å². The first-order valence-electron chi connectivity index (χ1n) is 2.74. The lowest BCUT2D eigenvalue weighted by molar-refractivity contribution is 0.0946. The van der Waals surface area contributed by atoms with Crippen LogP contribution in [0.3, 0.4) is 0 Å². The Bertz CT molecular complexity index is 56.4. The van der Waals surface area contributed by atoms with Gasteiger partial charge in [0.2, 0.25) is 0 Å². The molecule has 0 aromatic heterocycles. The first-order valence-corrected chi connectivity index (χ1v) is 2.74. The number of nitrogens with one attached hydrogen (secondary N) is 1. The third-order valence-corrected chi connectivity index (χ3v) is 0.915. The van der Waals surface area contributed by atoms with Gasteiger partial charge in [-0.1, -0.05) is 0 Å². The molecule has 0 aliphatic rings. The van der Waals surface area contributed by atoms with Gasteiger partial charge in [-0.05, 0) is 20.3 Å². The van der Waals surface area contributed by atoms with Gasteiger partial charge in [-0.15, -0.1) is 0 Å². The molecule has 0 saturated carbocycles. The van der Waals surface area contributed by atoms with Crippen LogP contribution >= 0.6 is 0 Å². The smallest absolute Gasteiger partial charge is 0.0527 e. The van der Waals surface area contributed by atoms with E-state index in [2.05, 4.69) is 0 Å². The molecule has 50 valence electrons. The van der Waals surface area contributed by atoms with Crippen LogP contribution in [0, 0.1) is 0 Å². The molecule has 0 aliphatic heterocycles. The number of aliphatic hydroxyl groups excluding tert-OH is 1. The van der Waals surface area contributed by atoms with Gasteiger partial charge in [-0.3, -0.25) is 0 Å². The second-order valence-electron chi connectivity index (χ2n) is 2.11. The fourth-order valence-electron chi connectivity index (χ4n) is 0.564. The molecule has 3 nitrogen and oxygen atoms in total. The lowest BCUT2D eigenvalue weighted by Crippen LogP contribution is -2.25. The molecule has 0 aromatic rings. The quantitative estimate of drug-likeness (QED) is 0.463. The van der Waals surface area contributed by atoms with Gasteiger partial charge in [0.25, 0.3) is 0 Å². The number of hydrogen-bond acceptors (Lipinski definition) is 3. The fourth-order valence-corrected chi connectivity index (χ4v) is 0.564. The Balaban J connectivity index is 3.10. The van der Waals surface area contributed by atoms with Crippen molar-refractivity contribution in [3.63, 3.8) is 0 Å². The summed E-state index contributed by atoms with van der Waals surface area (Å²) in [5.41, 5.74) is 2.04. The maximum Gasteiger partial charge on any atom is 0.0527 e. The monoisotopic (exact) mass is 119 g/mol. The van der Waals surface area contributed by atoms with Crippen LogP contribution in [0.1, 0.15) is 20.3 Å². The number of hydrogen-bond donors (Lipinski definition) is 3. The van der Waals surface area contributed by atoms with Gasteiger partial charge in [0.05, 0.1) is 6.10 Å². The van der Waals surface area contributed by atoms with E-state index in [-0.39, 0.29) is 12.1 Å². The van der Waals surface area contributed by atoms with E-state index in [4.69, 9.17) is 10.3 Å². The Hall–Kier alpha value is -0.120. The van der Waals surface area contributed by atoms with Gasteiger partial charge < -0.3 is 10.3 Å². The molecule has 0 aliphatic carbocycles. The van der Waals surface area contributed by atoms with Crippen LogP contribution in [-0.4, -0.2) is 22.5 Å². The number of hydroxylamine groups is 1. The zero-order valence-electron chi connectivity index (χ0n) is 5.26. The minimum Gasteiger partial charge on any atom is -0.393 e. The van der Waals surface area contributed by atoms with Crippen LogP contribution in [0.15, 0.2) is 0 Å². The molecular weight excluding hydrogens is 106 g/mol. The van der Waals surface area contributed by atoms with Gasteiger partial charge in [-0.25, -0.2) is 5.48 Å². The average Bonchev–Trinajstić information content (AvgIpc) is 1.65. The second kappa shape index (κ2) is 3.83. The van der Waals surface area contributed by atoms with Crippen molar-refractivity contribution in [2.45, 2.75) is 32.4 Å². The van der Waals surface area contributed by atoms with E-state index >= 15 is 0 Å². The van der Waals surface area contributed by atoms with Crippen LogP contribution in [0.4, 0.5) is 0 Å². The third kappa shape index (κ3) is 4.05. The summed E-state index contributed by atoms with van der Waals surface area (Å²) < 4.78 is 0. The van der Waals surface area contributed by atoms with E-state index in [1.165, 1.54) is 0 Å². The summed E-state index contributed by atoms with van der Waals surface area (Å²) in [6.45, 7) is 3.49. The lowest BCUT2D eigenvalue weighted by Gasteiger charge is -2.09. The molecule has 0 radical (unpaired) electrons. The van der Waals surface area contributed by atoms with Crippen molar-refractivity contribution in [3.05, 3.63) is 0 Å². The van der Waals surface area contributed by atoms with E-state index in [0.717, 1.165) is 0 Å². The number of rotatable bonds is 3. The Labute approximate surface area is 49.3 Å². The standard InChI is InChI=1S/C5H13NO2/c1-4(6-8)3-5(2)7/h4-8H,3H2,1-2H3. The maximum atomic E-state index is 8.70. The van der Waals surface area contributed by atoms with Gasteiger partial charge in [0.1, 0.15) is 0 Å². The van der Waals surface area contributed by atoms with Crippen molar-refractivity contribution in [2.75, 3.05) is 0 Å². The van der Waals surface area contributed by atoms with E-state index in [1.807, 2.05) is 5.48 Å². The van der Waals surface area contributed by atoms with E-state index in [9.17, 15) is 0 Å².